The molecule has 0 radical (unpaired) electrons. The van der Waals surface area contributed by atoms with Crippen LogP contribution in [0.3, 0.4) is 0 Å². The van der Waals surface area contributed by atoms with Gasteiger partial charge in [0.15, 0.2) is 17.1 Å². The summed E-state index contributed by atoms with van der Waals surface area (Å²) in [5.74, 6) is -0.187. The van der Waals surface area contributed by atoms with Crippen LogP contribution in [0.2, 0.25) is 0 Å². The second-order valence-corrected chi connectivity index (χ2v) is 33.9. The highest BCUT2D eigenvalue weighted by Crippen LogP contribution is 2.56. The summed E-state index contributed by atoms with van der Waals surface area (Å²) in [6.07, 6.45) is 39.8. The molecule has 0 saturated heterocycles. The number of benzene rings is 6. The third kappa shape index (κ3) is 11.4. The van der Waals surface area contributed by atoms with Crippen LogP contribution in [-0.2, 0) is 32.5 Å². The van der Waals surface area contributed by atoms with Crippen molar-refractivity contribution in [1.82, 2.24) is 0 Å². The van der Waals surface area contributed by atoms with Crippen molar-refractivity contribution in [3.8, 4) is 0 Å². The van der Waals surface area contributed by atoms with Crippen molar-refractivity contribution in [2.45, 2.75) is 181 Å². The summed E-state index contributed by atoms with van der Waals surface area (Å²) in [6.45, 7) is 29.2. The first kappa shape index (κ1) is 71.6. The highest BCUT2D eigenvalue weighted by Gasteiger charge is 2.48. The predicted octanol–water partition coefficient (Wildman–Crippen LogP) is 23.2. The number of allylic oxidation sites excluding steroid dienone is 24. The number of para-hydroxylation sites is 6. The first-order valence-corrected chi connectivity index (χ1v) is 38.3. The van der Waals surface area contributed by atoms with E-state index in [0.717, 1.165) is 57.8 Å². The van der Waals surface area contributed by atoms with E-state index in [1.165, 1.54) is 152 Å². The fraction of sp³-hybridized carbons (Fsp3) is 0.357. The second-order valence-electron chi connectivity index (χ2n) is 33.9. The van der Waals surface area contributed by atoms with Crippen molar-refractivity contribution in [3.05, 3.63) is 319 Å². The highest BCUT2D eigenvalue weighted by atomic mass is 15.2. The normalized spacial score (nSPS) is 23.8. The summed E-state index contributed by atoms with van der Waals surface area (Å²) in [4.78, 5) is 7.42. The van der Waals surface area contributed by atoms with E-state index in [9.17, 15) is 0 Å². The van der Waals surface area contributed by atoms with Crippen LogP contribution in [0.15, 0.2) is 286 Å². The summed E-state index contributed by atoms with van der Waals surface area (Å²) < 4.78 is 7.42. The zero-order chi connectivity index (χ0) is 72.4. The number of nitrogens with zero attached hydrogens (tertiary/aromatic N) is 6. The molecule has 6 heteroatoms. The van der Waals surface area contributed by atoms with Crippen LogP contribution in [0.25, 0.3) is 0 Å². The first-order valence-electron chi connectivity index (χ1n) is 38.3. The molecule has 6 aromatic carbocycles. The SMILES string of the molecule is C.CN1C(=CC=C2CCCC(C=CC3=[N+](C)c4ccccc4C3(C)C)=C2C(C2=C(C=CC3=[N+](C)c4ccccc4C3(C)C)CCCC2=CC=C2N(C)c3ccccc3C2(C)C)C2=C(C=CC3=[N+](C)c4ccccc4C3(C)C)CCCC2=CC=C2N(C)c3ccccc3C2(C)C)C(C)(C)c2ccccc21. The Hall–Kier alpha value is -9.39. The molecule has 0 spiro atoms. The average Bonchev–Trinajstić information content (AvgIpc) is 1.16. The maximum atomic E-state index is 2.62. The minimum Gasteiger partial charge on any atom is -0.347 e. The number of hydrogen-bond donors (Lipinski definition) is 0. The molecule has 0 bridgehead atoms. The molecular weight excluding hydrogens is 1260 g/mol. The Morgan fingerprint density at radius 3 is 0.788 bits per heavy atom. The van der Waals surface area contributed by atoms with E-state index in [-0.39, 0.29) is 45.8 Å². The van der Waals surface area contributed by atoms with Gasteiger partial charge in [0.2, 0.25) is 17.1 Å². The number of anilines is 3. The van der Waals surface area contributed by atoms with Gasteiger partial charge in [-0.3, -0.25) is 0 Å². The minimum absolute atomic E-state index is 0. The summed E-state index contributed by atoms with van der Waals surface area (Å²) in [6, 6.07) is 54.5. The monoisotopic (exact) mass is 1370 g/mol. The summed E-state index contributed by atoms with van der Waals surface area (Å²) in [5.41, 5.74) is 35.5. The van der Waals surface area contributed by atoms with E-state index in [1.54, 1.807) is 0 Å². The first-order chi connectivity index (χ1) is 49.2. The molecule has 15 rings (SSSR count). The van der Waals surface area contributed by atoms with Gasteiger partial charge in [0.05, 0.1) is 16.2 Å². The van der Waals surface area contributed by atoms with Gasteiger partial charge in [0, 0.05) is 131 Å². The smallest absolute Gasteiger partial charge is 0.209 e. The van der Waals surface area contributed by atoms with Crippen molar-refractivity contribution >= 4 is 51.3 Å². The molecule has 0 aromatic heterocycles. The van der Waals surface area contributed by atoms with Crippen LogP contribution in [0.5, 0.6) is 0 Å². The molecule has 6 aliphatic heterocycles. The maximum Gasteiger partial charge on any atom is 0.209 e. The largest absolute Gasteiger partial charge is 0.347 e. The Morgan fingerprint density at radius 2 is 0.538 bits per heavy atom. The van der Waals surface area contributed by atoms with Gasteiger partial charge in [-0.25, -0.2) is 0 Å². The zero-order valence-electron chi connectivity index (χ0n) is 64.9. The average molecular weight is 1380 g/mol. The van der Waals surface area contributed by atoms with E-state index >= 15 is 0 Å². The van der Waals surface area contributed by atoms with E-state index in [0.29, 0.717) is 0 Å². The molecule has 0 unspecified atom stereocenters. The second kappa shape index (κ2) is 26.6. The lowest BCUT2D eigenvalue weighted by atomic mass is 9.64. The Kier molecular flexibility index (Phi) is 18.3. The maximum absolute atomic E-state index is 2.62. The molecule has 6 heterocycles. The summed E-state index contributed by atoms with van der Waals surface area (Å²) >= 11 is 0. The zero-order valence-corrected chi connectivity index (χ0v) is 64.9. The number of fused-ring (bicyclic) bond motifs is 6. The van der Waals surface area contributed by atoms with Gasteiger partial charge >= 0.3 is 0 Å². The van der Waals surface area contributed by atoms with Crippen molar-refractivity contribution in [1.29, 1.82) is 0 Å². The molecular formula is C98H113N6+3. The van der Waals surface area contributed by atoms with Crippen LogP contribution < -0.4 is 14.7 Å². The van der Waals surface area contributed by atoms with E-state index < -0.39 is 0 Å². The van der Waals surface area contributed by atoms with Crippen molar-refractivity contribution < 1.29 is 13.7 Å². The molecule has 3 aliphatic carbocycles. The van der Waals surface area contributed by atoms with Gasteiger partial charge < -0.3 is 14.7 Å². The minimum atomic E-state index is -0.216. The third-order valence-corrected chi connectivity index (χ3v) is 25.9. The van der Waals surface area contributed by atoms with Gasteiger partial charge in [-0.15, -0.1) is 0 Å². The predicted molar refractivity (Wildman–Crippen MR) is 443 cm³/mol. The lowest BCUT2D eigenvalue weighted by Crippen LogP contribution is -2.28. The van der Waals surface area contributed by atoms with Crippen LogP contribution in [0.1, 0.15) is 182 Å². The van der Waals surface area contributed by atoms with E-state index in [2.05, 4.69) is 372 Å². The number of hydrogen-bond acceptors (Lipinski definition) is 3. The molecule has 0 atom stereocenters. The van der Waals surface area contributed by atoms with Crippen LogP contribution in [0.4, 0.5) is 34.1 Å². The number of likely N-dealkylation sites (N-methyl/N-ethyl adjacent to an activating group) is 3. The van der Waals surface area contributed by atoms with Gasteiger partial charge in [0.25, 0.3) is 0 Å². The van der Waals surface area contributed by atoms with E-state index in [4.69, 9.17) is 0 Å². The van der Waals surface area contributed by atoms with E-state index in [1.807, 2.05) is 0 Å². The molecule has 0 fully saturated rings. The van der Waals surface area contributed by atoms with Crippen LogP contribution in [-0.4, -0.2) is 73.1 Å². The third-order valence-electron chi connectivity index (χ3n) is 25.9. The van der Waals surface area contributed by atoms with Gasteiger partial charge in [-0.1, -0.05) is 195 Å². The summed E-state index contributed by atoms with van der Waals surface area (Å²) in [5, 5.41) is 0. The van der Waals surface area contributed by atoms with Gasteiger partial charge in [0.1, 0.15) is 21.1 Å². The Labute approximate surface area is 624 Å². The quantitative estimate of drug-likeness (QED) is 0.114. The molecule has 6 aromatic rings. The van der Waals surface area contributed by atoms with Crippen LogP contribution >= 0.6 is 0 Å². The van der Waals surface area contributed by atoms with Gasteiger partial charge in [-0.2, -0.15) is 13.7 Å². The molecule has 0 saturated carbocycles. The summed E-state index contributed by atoms with van der Waals surface area (Å²) in [7, 11) is 13.7. The Morgan fingerprint density at radius 1 is 0.298 bits per heavy atom. The topological polar surface area (TPSA) is 18.8 Å². The highest BCUT2D eigenvalue weighted by molar-refractivity contribution is 6.05. The molecule has 532 valence electrons. The molecule has 9 aliphatic rings. The molecule has 104 heavy (non-hydrogen) atoms. The number of rotatable bonds is 12. The Bertz CT molecular complexity index is 4570. The van der Waals surface area contributed by atoms with Crippen molar-refractivity contribution in [2.75, 3.05) is 57.0 Å². The standard InChI is InChI=1S/C97H109N6.CH4/c1-92(2)70-40-19-25-46-76(70)98(13)82(92)58-52-64-34-31-35-65(53-59-83-93(3,4)71-41-20-26-47-77(71)99(83)14)88(64)91(89-66(54-60-84-94(5,6)72-42-21-27-48-78(72)100(84)15)36-32-37-67(89)55-61-85-95(7,8)73-43-22-28-49-79(73)101(85)16)90-68(56-62-86-96(9,10)74-44-23-29-50-80(74)102(86)17)38-33-39-69(90)57-63-87-97(11,12)75-45-24-30-51-81(75)103(87)18;/h19-30,40-63,91H,31-39H2,1-18H3;1H4/q+3;. The fourth-order valence-electron chi connectivity index (χ4n) is 20.3. The lowest BCUT2D eigenvalue weighted by molar-refractivity contribution is -0.401. The van der Waals surface area contributed by atoms with Gasteiger partial charge in [-0.05, 0) is 203 Å². The molecule has 0 N–H and O–H groups in total. The Balaban J connectivity index is 0.00000913. The van der Waals surface area contributed by atoms with Crippen molar-refractivity contribution in [3.63, 3.8) is 0 Å². The van der Waals surface area contributed by atoms with Crippen LogP contribution in [0, 0.1) is 5.92 Å². The van der Waals surface area contributed by atoms with Crippen molar-refractivity contribution in [2.24, 2.45) is 5.92 Å². The molecule has 6 nitrogen and oxygen atoms in total. The lowest BCUT2D eigenvalue weighted by Gasteiger charge is -2.39. The fourth-order valence-corrected chi connectivity index (χ4v) is 20.3. The molecule has 0 amide bonds.